The van der Waals surface area contributed by atoms with Crippen molar-refractivity contribution in [1.82, 2.24) is 23.6 Å². The van der Waals surface area contributed by atoms with Crippen LogP contribution in [-0.4, -0.2) is 42.6 Å². The molecule has 0 aliphatic rings. The maximum Gasteiger partial charge on any atom is 0.332 e. The summed E-state index contributed by atoms with van der Waals surface area (Å²) >= 11 is 0. The Morgan fingerprint density at radius 3 is 2.32 bits per heavy atom. The van der Waals surface area contributed by atoms with Gasteiger partial charge in [-0.3, -0.25) is 18.7 Å². The second-order valence-corrected chi connectivity index (χ2v) is 5.45. The van der Waals surface area contributed by atoms with Gasteiger partial charge in [-0.05, 0) is 0 Å². The Morgan fingerprint density at radius 1 is 1.16 bits per heavy atom. The second kappa shape index (κ2) is 7.45. The van der Waals surface area contributed by atoms with Crippen molar-refractivity contribution < 1.29 is 4.79 Å². The summed E-state index contributed by atoms with van der Waals surface area (Å²) in [6.45, 7) is 0.251. The molecule has 25 heavy (non-hydrogen) atoms. The number of fused-ring (bicyclic) bond motifs is 1. The molecule has 0 saturated carbocycles. The van der Waals surface area contributed by atoms with Crippen molar-refractivity contribution in [3.63, 3.8) is 0 Å². The van der Waals surface area contributed by atoms with E-state index in [-0.39, 0.29) is 49.5 Å². The average molecular weight is 343 g/mol. The molecular formula is C15H17N7O3. The molecule has 0 bridgehead atoms. The molecule has 0 fully saturated rings. The quantitative estimate of drug-likeness (QED) is 0.667. The van der Waals surface area contributed by atoms with Crippen molar-refractivity contribution >= 4 is 17.1 Å². The molecule has 0 radical (unpaired) electrons. The van der Waals surface area contributed by atoms with Gasteiger partial charge in [0.25, 0.3) is 5.56 Å². The maximum atomic E-state index is 12.5. The normalized spacial score (nSPS) is 10.4. The van der Waals surface area contributed by atoms with Crippen molar-refractivity contribution in [3.05, 3.63) is 27.2 Å². The first-order valence-electron chi connectivity index (χ1n) is 7.55. The summed E-state index contributed by atoms with van der Waals surface area (Å²) in [5, 5.41) is 17.4. The third-order valence-electron chi connectivity index (χ3n) is 3.86. The molecule has 0 saturated heterocycles. The highest BCUT2D eigenvalue weighted by atomic mass is 16.2. The highest BCUT2D eigenvalue weighted by Crippen LogP contribution is 2.07. The minimum atomic E-state index is -0.538. The lowest BCUT2D eigenvalue weighted by atomic mass is 10.3. The zero-order valence-electron chi connectivity index (χ0n) is 14.0. The van der Waals surface area contributed by atoms with Gasteiger partial charge in [-0.1, -0.05) is 0 Å². The van der Waals surface area contributed by atoms with Gasteiger partial charge in [0.2, 0.25) is 5.91 Å². The van der Waals surface area contributed by atoms with Gasteiger partial charge < -0.3 is 9.47 Å². The molecule has 0 aromatic carbocycles. The van der Waals surface area contributed by atoms with E-state index in [4.69, 9.17) is 10.5 Å². The van der Waals surface area contributed by atoms with Crippen LogP contribution in [0.4, 0.5) is 0 Å². The fourth-order valence-corrected chi connectivity index (χ4v) is 2.49. The van der Waals surface area contributed by atoms with Crippen LogP contribution < -0.4 is 11.2 Å². The Balaban J connectivity index is 2.38. The number of carbonyl (C=O) groups excluding carboxylic acids is 1. The summed E-state index contributed by atoms with van der Waals surface area (Å²) in [6, 6.07) is 3.92. The highest BCUT2D eigenvalue weighted by molar-refractivity contribution is 5.79. The minimum Gasteiger partial charge on any atom is -0.339 e. The Kier molecular flexibility index (Phi) is 5.35. The number of nitriles is 2. The number of amides is 1. The molecule has 10 nitrogen and oxygen atoms in total. The van der Waals surface area contributed by atoms with Gasteiger partial charge >= 0.3 is 5.69 Å². The number of aryl methyl sites for hydroxylation is 1. The lowest BCUT2D eigenvalue weighted by molar-refractivity contribution is -0.131. The Hall–Kier alpha value is -3.40. The molecule has 130 valence electrons. The standard InChI is InChI=1S/C15H17N7O3/c1-19-13-12(14(24)20(2)15(19)25)22(10-18-13)9-11(23)21(7-3-5-16)8-4-6-17/h10H,3-4,7-9H2,1-2H3. The van der Waals surface area contributed by atoms with Crippen molar-refractivity contribution in [1.29, 1.82) is 10.5 Å². The number of hydrogen-bond acceptors (Lipinski definition) is 6. The molecule has 2 heterocycles. The third kappa shape index (κ3) is 3.43. The lowest BCUT2D eigenvalue weighted by Crippen LogP contribution is -2.39. The second-order valence-electron chi connectivity index (χ2n) is 5.45. The summed E-state index contributed by atoms with van der Waals surface area (Å²) < 4.78 is 3.57. The molecule has 0 spiro atoms. The third-order valence-corrected chi connectivity index (χ3v) is 3.86. The Labute approximate surface area is 142 Å². The van der Waals surface area contributed by atoms with E-state index in [2.05, 4.69) is 4.98 Å². The molecule has 2 aromatic heterocycles. The van der Waals surface area contributed by atoms with E-state index in [1.165, 1.54) is 34.5 Å². The van der Waals surface area contributed by atoms with Gasteiger partial charge in [0.05, 0.1) is 31.3 Å². The van der Waals surface area contributed by atoms with Crippen LogP contribution in [0.25, 0.3) is 11.2 Å². The zero-order chi connectivity index (χ0) is 18.6. The van der Waals surface area contributed by atoms with Crippen LogP contribution in [0.15, 0.2) is 15.9 Å². The molecule has 0 aliphatic heterocycles. The number of hydrogen-bond donors (Lipinski definition) is 0. The molecular weight excluding hydrogens is 326 g/mol. The van der Waals surface area contributed by atoms with E-state index in [9.17, 15) is 14.4 Å². The topological polar surface area (TPSA) is 130 Å². The fraction of sp³-hybridized carbons (Fsp3) is 0.467. The molecule has 1 amide bonds. The van der Waals surface area contributed by atoms with Crippen LogP contribution in [0.3, 0.4) is 0 Å². The first-order valence-corrected chi connectivity index (χ1v) is 7.55. The van der Waals surface area contributed by atoms with E-state index >= 15 is 0 Å². The number of aromatic nitrogens is 4. The predicted octanol–water partition coefficient (Wildman–Crippen LogP) is -0.910. The smallest absolute Gasteiger partial charge is 0.332 e. The first-order chi connectivity index (χ1) is 11.9. The molecule has 2 rings (SSSR count). The number of rotatable bonds is 6. The van der Waals surface area contributed by atoms with Crippen molar-refractivity contribution in [2.24, 2.45) is 14.1 Å². The van der Waals surface area contributed by atoms with E-state index in [1.54, 1.807) is 0 Å². The minimum absolute atomic E-state index is 0.151. The Bertz CT molecular complexity index is 982. The molecule has 0 aliphatic carbocycles. The summed E-state index contributed by atoms with van der Waals surface area (Å²) in [7, 11) is 2.85. The van der Waals surface area contributed by atoms with Crippen LogP contribution in [0.2, 0.25) is 0 Å². The summed E-state index contributed by atoms with van der Waals surface area (Å²) in [5.41, 5.74) is -0.692. The predicted molar refractivity (Wildman–Crippen MR) is 87.3 cm³/mol. The number of carbonyl (C=O) groups is 1. The Morgan fingerprint density at radius 2 is 1.76 bits per heavy atom. The van der Waals surface area contributed by atoms with Gasteiger partial charge in [-0.25, -0.2) is 9.78 Å². The first kappa shape index (κ1) is 17.9. The SMILES string of the molecule is Cn1c(=O)c2c(ncn2CC(=O)N(CCC#N)CCC#N)n(C)c1=O. The zero-order valence-corrected chi connectivity index (χ0v) is 14.0. The monoisotopic (exact) mass is 343 g/mol. The number of imidazole rings is 1. The summed E-state index contributed by atoms with van der Waals surface area (Å²) in [6.07, 6.45) is 1.63. The van der Waals surface area contributed by atoms with E-state index in [1.807, 2.05) is 12.1 Å². The van der Waals surface area contributed by atoms with Gasteiger partial charge in [0.15, 0.2) is 11.2 Å². The fourth-order valence-electron chi connectivity index (χ4n) is 2.49. The van der Waals surface area contributed by atoms with Gasteiger partial charge in [-0.2, -0.15) is 10.5 Å². The van der Waals surface area contributed by atoms with Crippen molar-refractivity contribution in [2.45, 2.75) is 19.4 Å². The molecule has 2 aromatic rings. The van der Waals surface area contributed by atoms with Gasteiger partial charge in [0.1, 0.15) is 6.54 Å². The largest absolute Gasteiger partial charge is 0.339 e. The highest BCUT2D eigenvalue weighted by Gasteiger charge is 2.18. The molecule has 10 heteroatoms. The van der Waals surface area contributed by atoms with Crippen LogP contribution in [0.1, 0.15) is 12.8 Å². The van der Waals surface area contributed by atoms with Crippen molar-refractivity contribution in [3.8, 4) is 12.1 Å². The van der Waals surface area contributed by atoms with E-state index < -0.39 is 11.2 Å². The summed E-state index contributed by atoms with van der Waals surface area (Å²) in [4.78, 5) is 42.2. The van der Waals surface area contributed by atoms with Crippen LogP contribution in [0.5, 0.6) is 0 Å². The maximum absolute atomic E-state index is 12.5. The van der Waals surface area contributed by atoms with Gasteiger partial charge in [0, 0.05) is 27.2 Å². The van der Waals surface area contributed by atoms with Crippen LogP contribution in [-0.2, 0) is 25.4 Å². The molecule has 0 unspecified atom stereocenters. The van der Waals surface area contributed by atoms with E-state index in [0.29, 0.717) is 0 Å². The van der Waals surface area contributed by atoms with Crippen LogP contribution in [0, 0.1) is 22.7 Å². The lowest BCUT2D eigenvalue weighted by Gasteiger charge is -2.20. The van der Waals surface area contributed by atoms with Crippen LogP contribution >= 0.6 is 0 Å². The number of nitrogens with zero attached hydrogens (tertiary/aromatic N) is 7. The van der Waals surface area contributed by atoms with E-state index in [0.717, 1.165) is 4.57 Å². The van der Waals surface area contributed by atoms with Gasteiger partial charge in [-0.15, -0.1) is 0 Å². The van der Waals surface area contributed by atoms with Crippen molar-refractivity contribution in [2.75, 3.05) is 13.1 Å². The molecule has 0 N–H and O–H groups in total. The summed E-state index contributed by atoms with van der Waals surface area (Å²) in [5.74, 6) is -0.333. The molecule has 0 atom stereocenters. The average Bonchev–Trinajstić information content (AvgIpc) is 3.01.